The zero-order valence-corrected chi connectivity index (χ0v) is 11.5. The lowest BCUT2D eigenvalue weighted by atomic mass is 10.3. The van der Waals surface area contributed by atoms with Gasteiger partial charge >= 0.3 is 0 Å². The Bertz CT molecular complexity index is 511. The van der Waals surface area contributed by atoms with Gasteiger partial charge in [-0.3, -0.25) is 0 Å². The molecule has 0 unspecified atom stereocenters. The normalized spacial score (nSPS) is 10.3. The van der Waals surface area contributed by atoms with Crippen LogP contribution < -0.4 is 10.2 Å². The van der Waals surface area contributed by atoms with Crippen molar-refractivity contribution in [3.63, 3.8) is 0 Å². The highest BCUT2D eigenvalue weighted by Crippen LogP contribution is 2.14. The zero-order valence-electron chi connectivity index (χ0n) is 10.7. The highest BCUT2D eigenvalue weighted by atomic mass is 35.5. The summed E-state index contributed by atoms with van der Waals surface area (Å²) < 4.78 is 12.8. The lowest BCUT2D eigenvalue weighted by molar-refractivity contribution is 0.627. The average Bonchev–Trinajstić information content (AvgIpc) is 2.41. The number of rotatable bonds is 5. The number of likely N-dealkylation sites (N-methyl/N-ethyl adjacent to an activating group) is 1. The summed E-state index contributed by atoms with van der Waals surface area (Å²) in [6.07, 6.45) is 0. The first-order valence-corrected chi connectivity index (χ1v) is 6.49. The molecule has 2 aromatic carbocycles. The minimum absolute atomic E-state index is 0.212. The summed E-state index contributed by atoms with van der Waals surface area (Å²) >= 11 is 5.82. The summed E-state index contributed by atoms with van der Waals surface area (Å²) in [5.41, 5.74) is 2.04. The molecule has 1 N–H and O–H groups in total. The van der Waals surface area contributed by atoms with Crippen LogP contribution >= 0.6 is 11.6 Å². The molecular weight excluding hydrogens is 263 g/mol. The summed E-state index contributed by atoms with van der Waals surface area (Å²) in [5.74, 6) is -0.212. The number of halogens is 2. The maximum atomic E-state index is 12.8. The van der Waals surface area contributed by atoms with Crippen LogP contribution in [0.3, 0.4) is 0 Å². The number of hydrogen-bond acceptors (Lipinski definition) is 2. The van der Waals surface area contributed by atoms with Crippen molar-refractivity contribution in [2.75, 3.05) is 30.4 Å². The van der Waals surface area contributed by atoms with E-state index >= 15 is 0 Å². The van der Waals surface area contributed by atoms with Crippen LogP contribution in [0.1, 0.15) is 0 Å². The van der Waals surface area contributed by atoms with Crippen LogP contribution in [0.15, 0.2) is 48.5 Å². The quantitative estimate of drug-likeness (QED) is 0.888. The molecule has 19 heavy (non-hydrogen) atoms. The van der Waals surface area contributed by atoms with E-state index in [0.717, 1.165) is 29.5 Å². The van der Waals surface area contributed by atoms with Crippen molar-refractivity contribution in [2.24, 2.45) is 0 Å². The van der Waals surface area contributed by atoms with Crippen molar-refractivity contribution in [3.8, 4) is 0 Å². The van der Waals surface area contributed by atoms with Crippen LogP contribution in [-0.2, 0) is 0 Å². The van der Waals surface area contributed by atoms with Crippen LogP contribution in [0, 0.1) is 5.82 Å². The Morgan fingerprint density at radius 1 is 1.05 bits per heavy atom. The molecule has 0 fully saturated rings. The minimum Gasteiger partial charge on any atom is -0.383 e. The Kier molecular flexibility index (Phi) is 4.63. The lowest BCUT2D eigenvalue weighted by Gasteiger charge is -2.19. The maximum Gasteiger partial charge on any atom is 0.123 e. The molecule has 0 aliphatic carbocycles. The van der Waals surface area contributed by atoms with Crippen molar-refractivity contribution >= 4 is 23.0 Å². The van der Waals surface area contributed by atoms with E-state index in [1.165, 1.54) is 12.1 Å². The third-order valence-electron chi connectivity index (χ3n) is 2.89. The van der Waals surface area contributed by atoms with Gasteiger partial charge in [-0.15, -0.1) is 0 Å². The van der Waals surface area contributed by atoms with E-state index in [9.17, 15) is 4.39 Å². The van der Waals surface area contributed by atoms with Gasteiger partial charge in [-0.1, -0.05) is 11.6 Å². The van der Waals surface area contributed by atoms with Crippen LogP contribution in [0.5, 0.6) is 0 Å². The second kappa shape index (κ2) is 6.43. The maximum absolute atomic E-state index is 12.8. The van der Waals surface area contributed by atoms with E-state index < -0.39 is 0 Å². The molecule has 2 nitrogen and oxygen atoms in total. The van der Waals surface area contributed by atoms with Crippen molar-refractivity contribution in [3.05, 3.63) is 59.4 Å². The molecule has 0 aliphatic rings. The molecule has 100 valence electrons. The number of anilines is 2. The van der Waals surface area contributed by atoms with Gasteiger partial charge in [0, 0.05) is 36.5 Å². The first-order chi connectivity index (χ1) is 9.15. The van der Waals surface area contributed by atoms with Gasteiger partial charge in [-0.2, -0.15) is 0 Å². The number of nitrogens with one attached hydrogen (secondary N) is 1. The van der Waals surface area contributed by atoms with E-state index in [-0.39, 0.29) is 5.82 Å². The van der Waals surface area contributed by atoms with Gasteiger partial charge < -0.3 is 10.2 Å². The van der Waals surface area contributed by atoms with Crippen molar-refractivity contribution in [1.82, 2.24) is 0 Å². The summed E-state index contributed by atoms with van der Waals surface area (Å²) in [5, 5.41) is 4.04. The molecule has 4 heteroatoms. The van der Waals surface area contributed by atoms with Crippen molar-refractivity contribution < 1.29 is 4.39 Å². The Morgan fingerprint density at radius 3 is 2.32 bits per heavy atom. The lowest BCUT2D eigenvalue weighted by Crippen LogP contribution is -2.24. The largest absolute Gasteiger partial charge is 0.383 e. The Labute approximate surface area is 117 Å². The first-order valence-electron chi connectivity index (χ1n) is 6.11. The number of benzene rings is 2. The van der Waals surface area contributed by atoms with E-state index in [4.69, 9.17) is 11.6 Å². The summed E-state index contributed by atoms with van der Waals surface area (Å²) in [6, 6.07) is 14.1. The van der Waals surface area contributed by atoms with Crippen molar-refractivity contribution in [2.45, 2.75) is 0 Å². The monoisotopic (exact) mass is 278 g/mol. The first kappa shape index (κ1) is 13.7. The molecule has 0 aliphatic heterocycles. The molecular formula is C15H16ClFN2. The third-order valence-corrected chi connectivity index (χ3v) is 3.14. The Hall–Kier alpha value is -1.74. The molecule has 0 saturated carbocycles. The van der Waals surface area contributed by atoms with E-state index in [1.807, 2.05) is 31.3 Å². The second-order valence-electron chi connectivity index (χ2n) is 4.33. The predicted octanol–water partition coefficient (Wildman–Crippen LogP) is 4.03. The van der Waals surface area contributed by atoms with Gasteiger partial charge in [0.2, 0.25) is 0 Å². The van der Waals surface area contributed by atoms with Gasteiger partial charge in [0.15, 0.2) is 0 Å². The Morgan fingerprint density at radius 2 is 1.68 bits per heavy atom. The van der Waals surface area contributed by atoms with Gasteiger partial charge in [0.1, 0.15) is 5.82 Å². The summed E-state index contributed by atoms with van der Waals surface area (Å²) in [4.78, 5) is 2.07. The third kappa shape index (κ3) is 4.14. The SMILES string of the molecule is CN(CCNc1ccc(Cl)cc1)c1ccc(F)cc1. The molecule has 0 saturated heterocycles. The molecule has 0 aromatic heterocycles. The molecule has 0 amide bonds. The van der Waals surface area contributed by atoms with Crippen molar-refractivity contribution in [1.29, 1.82) is 0 Å². The fourth-order valence-electron chi connectivity index (χ4n) is 1.76. The van der Waals surface area contributed by atoms with Gasteiger partial charge in [-0.05, 0) is 48.5 Å². The predicted molar refractivity (Wildman–Crippen MR) is 79.6 cm³/mol. The highest BCUT2D eigenvalue weighted by molar-refractivity contribution is 6.30. The van der Waals surface area contributed by atoms with E-state index in [1.54, 1.807) is 12.1 Å². The highest BCUT2D eigenvalue weighted by Gasteiger charge is 2.00. The van der Waals surface area contributed by atoms with E-state index in [2.05, 4.69) is 10.2 Å². The smallest absolute Gasteiger partial charge is 0.123 e. The Balaban J connectivity index is 1.82. The zero-order chi connectivity index (χ0) is 13.7. The van der Waals surface area contributed by atoms with E-state index in [0.29, 0.717) is 0 Å². The van der Waals surface area contributed by atoms with Gasteiger partial charge in [-0.25, -0.2) is 4.39 Å². The van der Waals surface area contributed by atoms with Gasteiger partial charge in [0.25, 0.3) is 0 Å². The standard InChI is InChI=1S/C15H16ClFN2/c1-19(15-8-4-13(17)5-9-15)11-10-18-14-6-2-12(16)3-7-14/h2-9,18H,10-11H2,1H3. The fourth-order valence-corrected chi connectivity index (χ4v) is 1.89. The summed E-state index contributed by atoms with van der Waals surface area (Å²) in [7, 11) is 1.98. The molecule has 0 radical (unpaired) electrons. The van der Waals surface area contributed by atoms with Crippen LogP contribution in [0.25, 0.3) is 0 Å². The molecule has 0 heterocycles. The molecule has 0 atom stereocenters. The van der Waals surface area contributed by atoms with Crippen LogP contribution in [0.4, 0.5) is 15.8 Å². The van der Waals surface area contributed by atoms with Crippen LogP contribution in [0.2, 0.25) is 5.02 Å². The minimum atomic E-state index is -0.212. The fraction of sp³-hybridized carbons (Fsp3) is 0.200. The topological polar surface area (TPSA) is 15.3 Å². The summed E-state index contributed by atoms with van der Waals surface area (Å²) in [6.45, 7) is 1.63. The van der Waals surface area contributed by atoms with Gasteiger partial charge in [0.05, 0.1) is 0 Å². The molecule has 0 spiro atoms. The van der Waals surface area contributed by atoms with Crippen LogP contribution in [-0.4, -0.2) is 20.1 Å². The number of hydrogen-bond donors (Lipinski definition) is 1. The average molecular weight is 279 g/mol. The molecule has 2 aromatic rings. The number of nitrogens with zero attached hydrogens (tertiary/aromatic N) is 1. The molecule has 0 bridgehead atoms. The molecule has 2 rings (SSSR count). The second-order valence-corrected chi connectivity index (χ2v) is 4.77.